The lowest BCUT2D eigenvalue weighted by atomic mass is 10.1. The van der Waals surface area contributed by atoms with E-state index in [9.17, 15) is 9.90 Å². The molecule has 0 aliphatic heterocycles. The Morgan fingerprint density at radius 3 is 2.55 bits per heavy atom. The van der Waals surface area contributed by atoms with Gasteiger partial charge in [0.2, 0.25) is 0 Å². The van der Waals surface area contributed by atoms with Gasteiger partial charge in [0.15, 0.2) is 0 Å². The quantitative estimate of drug-likeness (QED) is 0.731. The summed E-state index contributed by atoms with van der Waals surface area (Å²) in [6.07, 6.45) is 0. The van der Waals surface area contributed by atoms with Gasteiger partial charge in [0.25, 0.3) is 0 Å². The largest absolute Gasteiger partial charge is 0.545 e. The fraction of sp³-hybridized carbons (Fsp3) is 0.0625. The van der Waals surface area contributed by atoms with E-state index in [1.807, 2.05) is 18.2 Å². The zero-order valence-electron chi connectivity index (χ0n) is 10.8. The number of rotatable bonds is 3. The van der Waals surface area contributed by atoms with Crippen LogP contribution in [-0.2, 0) is 0 Å². The van der Waals surface area contributed by atoms with E-state index in [2.05, 4.69) is 0 Å². The number of furan rings is 1. The normalized spacial score (nSPS) is 10.7. The van der Waals surface area contributed by atoms with Crippen LogP contribution in [0.3, 0.4) is 0 Å². The fourth-order valence-corrected chi connectivity index (χ4v) is 2.20. The van der Waals surface area contributed by atoms with Crippen molar-refractivity contribution in [2.45, 2.75) is 0 Å². The van der Waals surface area contributed by atoms with Crippen LogP contribution in [0.5, 0.6) is 5.75 Å². The molecular weight excluding hydrogens is 256 g/mol. The van der Waals surface area contributed by atoms with Crippen LogP contribution in [0, 0.1) is 0 Å². The summed E-state index contributed by atoms with van der Waals surface area (Å²) in [6.45, 7) is 0. The van der Waals surface area contributed by atoms with Crippen molar-refractivity contribution in [1.29, 1.82) is 0 Å². The SMILES string of the molecule is COc1ccc2oc(-c3ccccc3)c(C(=O)[O-])c2c1. The number of carboxylic acid groups (broad SMARTS) is 1. The summed E-state index contributed by atoms with van der Waals surface area (Å²) in [6, 6.07) is 14.1. The first-order valence-corrected chi connectivity index (χ1v) is 6.08. The van der Waals surface area contributed by atoms with E-state index < -0.39 is 5.97 Å². The van der Waals surface area contributed by atoms with Crippen molar-refractivity contribution < 1.29 is 19.1 Å². The number of methoxy groups -OCH3 is 1. The average Bonchev–Trinajstić information content (AvgIpc) is 2.86. The van der Waals surface area contributed by atoms with Crippen LogP contribution in [0.4, 0.5) is 0 Å². The Morgan fingerprint density at radius 1 is 1.15 bits per heavy atom. The summed E-state index contributed by atoms with van der Waals surface area (Å²) >= 11 is 0. The Bertz CT molecular complexity index is 772. The summed E-state index contributed by atoms with van der Waals surface area (Å²) in [7, 11) is 1.53. The number of ether oxygens (including phenoxy) is 1. The molecule has 20 heavy (non-hydrogen) atoms. The molecule has 4 nitrogen and oxygen atoms in total. The van der Waals surface area contributed by atoms with Crippen LogP contribution in [0.25, 0.3) is 22.3 Å². The first kappa shape index (κ1) is 12.3. The third-order valence-corrected chi connectivity index (χ3v) is 3.14. The topological polar surface area (TPSA) is 62.5 Å². The van der Waals surface area contributed by atoms with Crippen LogP contribution in [0.15, 0.2) is 52.9 Å². The van der Waals surface area contributed by atoms with Crippen molar-refractivity contribution in [2.75, 3.05) is 7.11 Å². The Kier molecular flexibility index (Phi) is 2.91. The number of benzene rings is 2. The standard InChI is InChI=1S/C16H12O4/c1-19-11-7-8-13-12(9-11)14(16(17)18)15(20-13)10-5-3-2-4-6-10/h2-9H,1H3,(H,17,18)/p-1. The van der Waals surface area contributed by atoms with Gasteiger partial charge in [0, 0.05) is 10.9 Å². The van der Waals surface area contributed by atoms with Gasteiger partial charge >= 0.3 is 0 Å². The number of hydrogen-bond donors (Lipinski definition) is 0. The predicted octanol–water partition coefficient (Wildman–Crippen LogP) is 2.47. The molecule has 3 rings (SSSR count). The molecule has 1 aromatic heterocycles. The number of carboxylic acids is 1. The molecule has 1 heterocycles. The second kappa shape index (κ2) is 4.74. The highest BCUT2D eigenvalue weighted by atomic mass is 16.5. The number of hydrogen-bond acceptors (Lipinski definition) is 4. The fourth-order valence-electron chi connectivity index (χ4n) is 2.20. The number of carbonyl (C=O) groups is 1. The van der Waals surface area contributed by atoms with Crippen LogP contribution in [0.1, 0.15) is 10.4 Å². The molecule has 0 N–H and O–H groups in total. The zero-order chi connectivity index (χ0) is 14.1. The zero-order valence-corrected chi connectivity index (χ0v) is 10.8. The van der Waals surface area contributed by atoms with Crippen molar-refractivity contribution in [3.63, 3.8) is 0 Å². The van der Waals surface area contributed by atoms with Crippen molar-refractivity contribution in [2.24, 2.45) is 0 Å². The minimum atomic E-state index is -1.27. The van der Waals surface area contributed by atoms with Crippen molar-refractivity contribution >= 4 is 16.9 Å². The van der Waals surface area contributed by atoms with Gasteiger partial charge in [-0.1, -0.05) is 30.3 Å². The van der Waals surface area contributed by atoms with E-state index in [0.717, 1.165) is 0 Å². The van der Waals surface area contributed by atoms with Gasteiger partial charge in [-0.2, -0.15) is 0 Å². The summed E-state index contributed by atoms with van der Waals surface area (Å²) < 4.78 is 10.8. The van der Waals surface area contributed by atoms with E-state index in [-0.39, 0.29) is 5.56 Å². The van der Waals surface area contributed by atoms with E-state index in [4.69, 9.17) is 9.15 Å². The lowest BCUT2D eigenvalue weighted by Gasteiger charge is -2.04. The molecule has 100 valence electrons. The maximum atomic E-state index is 11.5. The van der Waals surface area contributed by atoms with E-state index in [1.165, 1.54) is 7.11 Å². The lowest BCUT2D eigenvalue weighted by Crippen LogP contribution is -2.22. The van der Waals surface area contributed by atoms with Gasteiger partial charge in [0.1, 0.15) is 17.1 Å². The first-order valence-electron chi connectivity index (χ1n) is 6.08. The van der Waals surface area contributed by atoms with Gasteiger partial charge in [0.05, 0.1) is 18.6 Å². The molecule has 2 aromatic carbocycles. The summed E-state index contributed by atoms with van der Waals surface area (Å²) in [4.78, 5) is 11.5. The number of fused-ring (bicyclic) bond motifs is 1. The van der Waals surface area contributed by atoms with Gasteiger partial charge in [-0.15, -0.1) is 0 Å². The highest BCUT2D eigenvalue weighted by molar-refractivity contribution is 6.07. The van der Waals surface area contributed by atoms with Crippen molar-refractivity contribution in [3.05, 3.63) is 54.1 Å². The van der Waals surface area contributed by atoms with Crippen LogP contribution >= 0.6 is 0 Å². The Labute approximate surface area is 115 Å². The Hall–Kier alpha value is -2.75. The van der Waals surface area contributed by atoms with Gasteiger partial charge in [-0.25, -0.2) is 0 Å². The van der Waals surface area contributed by atoms with Crippen LogP contribution < -0.4 is 9.84 Å². The summed E-state index contributed by atoms with van der Waals surface area (Å²) in [5, 5.41) is 11.9. The first-order chi connectivity index (χ1) is 9.70. The van der Waals surface area contributed by atoms with Crippen LogP contribution in [0.2, 0.25) is 0 Å². The summed E-state index contributed by atoms with van der Waals surface area (Å²) in [5.74, 6) is -0.398. The highest BCUT2D eigenvalue weighted by Gasteiger charge is 2.17. The molecular formula is C16H11O4-. The molecule has 0 bridgehead atoms. The minimum Gasteiger partial charge on any atom is -0.545 e. The average molecular weight is 267 g/mol. The lowest BCUT2D eigenvalue weighted by molar-refractivity contribution is -0.254. The molecule has 0 atom stereocenters. The van der Waals surface area contributed by atoms with Gasteiger partial charge < -0.3 is 19.1 Å². The maximum absolute atomic E-state index is 11.5. The van der Waals surface area contributed by atoms with Crippen molar-refractivity contribution in [1.82, 2.24) is 0 Å². The molecule has 0 saturated carbocycles. The van der Waals surface area contributed by atoms with E-state index in [1.54, 1.807) is 30.3 Å². The minimum absolute atomic E-state index is 0.0464. The molecule has 0 unspecified atom stereocenters. The molecule has 0 amide bonds. The molecule has 0 aliphatic carbocycles. The van der Waals surface area contributed by atoms with E-state index in [0.29, 0.717) is 28.0 Å². The number of carbonyl (C=O) groups excluding carboxylic acids is 1. The van der Waals surface area contributed by atoms with E-state index >= 15 is 0 Å². The molecule has 0 aliphatic rings. The Morgan fingerprint density at radius 2 is 1.90 bits per heavy atom. The predicted molar refractivity (Wildman–Crippen MR) is 72.5 cm³/mol. The summed E-state index contributed by atoms with van der Waals surface area (Å²) in [5.41, 5.74) is 1.23. The molecule has 0 fully saturated rings. The molecule has 0 radical (unpaired) electrons. The number of aromatic carboxylic acids is 1. The smallest absolute Gasteiger partial charge is 0.144 e. The second-order valence-corrected chi connectivity index (χ2v) is 4.32. The second-order valence-electron chi connectivity index (χ2n) is 4.32. The molecule has 3 aromatic rings. The highest BCUT2D eigenvalue weighted by Crippen LogP contribution is 2.34. The maximum Gasteiger partial charge on any atom is 0.144 e. The van der Waals surface area contributed by atoms with Crippen molar-refractivity contribution in [3.8, 4) is 17.1 Å². The van der Waals surface area contributed by atoms with Gasteiger partial charge in [-0.05, 0) is 18.2 Å². The van der Waals surface area contributed by atoms with Crippen LogP contribution in [-0.4, -0.2) is 13.1 Å². The molecule has 0 saturated heterocycles. The Balaban J connectivity index is 2.32. The molecule has 0 spiro atoms. The third kappa shape index (κ3) is 1.91. The van der Waals surface area contributed by atoms with Gasteiger partial charge in [-0.3, -0.25) is 0 Å². The third-order valence-electron chi connectivity index (χ3n) is 3.14. The monoisotopic (exact) mass is 267 g/mol. The molecule has 4 heteroatoms.